The van der Waals surface area contributed by atoms with Gasteiger partial charge in [-0.1, -0.05) is 19.8 Å². The Morgan fingerprint density at radius 3 is 2.70 bits per heavy atom. The van der Waals surface area contributed by atoms with Crippen molar-refractivity contribution >= 4 is 5.91 Å². The van der Waals surface area contributed by atoms with E-state index in [1.54, 1.807) is 12.1 Å². The molecule has 1 aromatic rings. The molecule has 0 spiro atoms. The molecule has 1 fully saturated rings. The fraction of sp³-hybridized carbons (Fsp3) is 0.562. The molecule has 1 N–H and O–H groups in total. The van der Waals surface area contributed by atoms with Crippen LogP contribution in [0.1, 0.15) is 43.0 Å². The van der Waals surface area contributed by atoms with Gasteiger partial charge in [-0.3, -0.25) is 4.79 Å². The summed E-state index contributed by atoms with van der Waals surface area (Å²) in [6, 6.07) is 5.69. The number of benzene rings is 1. The van der Waals surface area contributed by atoms with Crippen LogP contribution in [-0.2, 0) is 0 Å². The van der Waals surface area contributed by atoms with Gasteiger partial charge in [0.2, 0.25) is 0 Å². The third kappa shape index (κ3) is 2.74. The first-order chi connectivity index (χ1) is 9.74. The lowest BCUT2D eigenvalue weighted by Gasteiger charge is -2.29. The number of nitrogens with one attached hydrogen (secondary N) is 1. The van der Waals surface area contributed by atoms with Gasteiger partial charge in [-0.2, -0.15) is 0 Å². The Kier molecular flexibility index (Phi) is 3.81. The zero-order valence-corrected chi connectivity index (χ0v) is 11.9. The highest BCUT2D eigenvalue weighted by Crippen LogP contribution is 2.31. The number of hydrogen-bond donors (Lipinski definition) is 1. The van der Waals surface area contributed by atoms with Crippen molar-refractivity contribution in [2.75, 3.05) is 13.2 Å². The molecule has 1 aliphatic heterocycles. The predicted molar refractivity (Wildman–Crippen MR) is 76.3 cm³/mol. The van der Waals surface area contributed by atoms with Crippen LogP contribution in [-0.4, -0.2) is 25.2 Å². The van der Waals surface area contributed by atoms with E-state index in [1.165, 1.54) is 19.3 Å². The lowest BCUT2D eigenvalue weighted by molar-refractivity contribution is 0.0909. The van der Waals surface area contributed by atoms with E-state index in [0.717, 1.165) is 12.2 Å². The number of carbonyl (C=O) groups excluding carboxylic acids is 1. The van der Waals surface area contributed by atoms with E-state index in [-0.39, 0.29) is 5.91 Å². The van der Waals surface area contributed by atoms with Gasteiger partial charge in [0.1, 0.15) is 13.2 Å². The molecule has 0 unspecified atom stereocenters. The number of hydrogen-bond acceptors (Lipinski definition) is 3. The topological polar surface area (TPSA) is 47.6 Å². The minimum Gasteiger partial charge on any atom is -0.486 e. The van der Waals surface area contributed by atoms with E-state index in [2.05, 4.69) is 12.2 Å². The van der Waals surface area contributed by atoms with Crippen molar-refractivity contribution in [3.8, 4) is 11.5 Å². The van der Waals surface area contributed by atoms with Crippen LogP contribution in [0.5, 0.6) is 11.5 Å². The second-order valence-corrected chi connectivity index (χ2v) is 5.70. The third-order valence-corrected chi connectivity index (χ3v) is 4.23. The zero-order chi connectivity index (χ0) is 13.9. The molecule has 2 atom stereocenters. The summed E-state index contributed by atoms with van der Waals surface area (Å²) in [6.07, 6.45) is 4.76. The van der Waals surface area contributed by atoms with Gasteiger partial charge in [-0.15, -0.1) is 0 Å². The second-order valence-electron chi connectivity index (χ2n) is 5.70. The summed E-state index contributed by atoms with van der Waals surface area (Å²) in [5.74, 6) is 1.94. The van der Waals surface area contributed by atoms with Gasteiger partial charge in [-0.25, -0.2) is 0 Å². The summed E-state index contributed by atoms with van der Waals surface area (Å²) in [5, 5.41) is 3.16. The molecule has 3 rings (SSSR count). The van der Waals surface area contributed by atoms with Crippen molar-refractivity contribution in [2.24, 2.45) is 5.92 Å². The quantitative estimate of drug-likeness (QED) is 0.902. The second kappa shape index (κ2) is 5.73. The molecular formula is C16H21NO3. The largest absolute Gasteiger partial charge is 0.486 e. The predicted octanol–water partition coefficient (Wildman–Crippen LogP) is 2.77. The Labute approximate surface area is 119 Å². The first-order valence-electron chi connectivity index (χ1n) is 7.44. The maximum atomic E-state index is 12.3. The summed E-state index contributed by atoms with van der Waals surface area (Å²) < 4.78 is 11.0. The number of ether oxygens (including phenoxy) is 2. The average Bonchev–Trinajstić information content (AvgIpc) is 2.49. The lowest BCUT2D eigenvalue weighted by Crippen LogP contribution is -2.41. The fourth-order valence-electron chi connectivity index (χ4n) is 2.97. The number of amides is 1. The fourth-order valence-corrected chi connectivity index (χ4v) is 2.97. The van der Waals surface area contributed by atoms with Gasteiger partial charge >= 0.3 is 0 Å². The monoisotopic (exact) mass is 275 g/mol. The molecule has 1 saturated carbocycles. The number of fused-ring (bicyclic) bond motifs is 1. The van der Waals surface area contributed by atoms with Crippen molar-refractivity contribution < 1.29 is 14.3 Å². The van der Waals surface area contributed by atoms with Gasteiger partial charge in [-0.05, 0) is 37.0 Å². The van der Waals surface area contributed by atoms with Crippen LogP contribution in [0, 0.1) is 5.92 Å². The van der Waals surface area contributed by atoms with Gasteiger partial charge in [0.25, 0.3) is 5.91 Å². The van der Waals surface area contributed by atoms with Crippen LogP contribution < -0.4 is 14.8 Å². The molecular weight excluding hydrogens is 254 g/mol. The minimum absolute atomic E-state index is 0.0132. The Balaban J connectivity index is 1.70. The summed E-state index contributed by atoms with van der Waals surface area (Å²) in [7, 11) is 0. The van der Waals surface area contributed by atoms with Crippen molar-refractivity contribution in [1.82, 2.24) is 5.32 Å². The molecule has 4 nitrogen and oxygen atoms in total. The van der Waals surface area contributed by atoms with Gasteiger partial charge in [0, 0.05) is 11.6 Å². The van der Waals surface area contributed by atoms with Crippen LogP contribution in [0.15, 0.2) is 18.2 Å². The summed E-state index contributed by atoms with van der Waals surface area (Å²) in [6.45, 7) is 3.32. The Morgan fingerprint density at radius 2 is 1.90 bits per heavy atom. The first kappa shape index (κ1) is 13.3. The molecule has 108 valence electrons. The molecule has 0 saturated heterocycles. The normalized spacial score (nSPS) is 25.1. The van der Waals surface area contributed by atoms with Gasteiger partial charge in [0.15, 0.2) is 11.5 Å². The summed E-state index contributed by atoms with van der Waals surface area (Å²) >= 11 is 0. The SMILES string of the molecule is C[C@@H]1CCCC[C@H]1NC(=O)c1ccc2c(c1)OCCO2. The van der Waals surface area contributed by atoms with E-state index in [9.17, 15) is 4.79 Å². The van der Waals surface area contributed by atoms with E-state index in [0.29, 0.717) is 36.5 Å². The Hall–Kier alpha value is -1.71. The van der Waals surface area contributed by atoms with Crippen LogP contribution >= 0.6 is 0 Å². The highest BCUT2D eigenvalue weighted by molar-refractivity contribution is 5.95. The molecule has 0 bridgehead atoms. The summed E-state index contributed by atoms with van der Waals surface area (Å²) in [5.41, 5.74) is 0.645. The van der Waals surface area contributed by atoms with E-state index < -0.39 is 0 Å². The van der Waals surface area contributed by atoms with E-state index in [4.69, 9.17) is 9.47 Å². The van der Waals surface area contributed by atoms with Crippen molar-refractivity contribution in [3.05, 3.63) is 23.8 Å². The molecule has 4 heteroatoms. The maximum absolute atomic E-state index is 12.3. The molecule has 2 aliphatic rings. The molecule has 20 heavy (non-hydrogen) atoms. The highest BCUT2D eigenvalue weighted by atomic mass is 16.6. The Morgan fingerprint density at radius 1 is 1.15 bits per heavy atom. The van der Waals surface area contributed by atoms with Crippen molar-refractivity contribution in [2.45, 2.75) is 38.6 Å². The average molecular weight is 275 g/mol. The van der Waals surface area contributed by atoms with E-state index >= 15 is 0 Å². The van der Waals surface area contributed by atoms with Crippen molar-refractivity contribution in [3.63, 3.8) is 0 Å². The smallest absolute Gasteiger partial charge is 0.251 e. The van der Waals surface area contributed by atoms with Crippen LogP contribution in [0.25, 0.3) is 0 Å². The number of carbonyl (C=O) groups is 1. The molecule has 1 aliphatic carbocycles. The van der Waals surface area contributed by atoms with Crippen LogP contribution in [0.3, 0.4) is 0 Å². The van der Waals surface area contributed by atoms with Crippen LogP contribution in [0.2, 0.25) is 0 Å². The summed E-state index contributed by atoms with van der Waals surface area (Å²) in [4.78, 5) is 12.3. The van der Waals surface area contributed by atoms with Gasteiger partial charge < -0.3 is 14.8 Å². The highest BCUT2D eigenvalue weighted by Gasteiger charge is 2.24. The number of rotatable bonds is 2. The third-order valence-electron chi connectivity index (χ3n) is 4.23. The van der Waals surface area contributed by atoms with Crippen LogP contribution in [0.4, 0.5) is 0 Å². The lowest BCUT2D eigenvalue weighted by atomic mass is 9.86. The van der Waals surface area contributed by atoms with Crippen molar-refractivity contribution in [1.29, 1.82) is 0 Å². The molecule has 0 aromatic heterocycles. The molecule has 1 heterocycles. The van der Waals surface area contributed by atoms with Gasteiger partial charge in [0.05, 0.1) is 0 Å². The molecule has 1 amide bonds. The van der Waals surface area contributed by atoms with E-state index in [1.807, 2.05) is 6.07 Å². The first-order valence-corrected chi connectivity index (χ1v) is 7.44. The standard InChI is InChI=1S/C16H21NO3/c1-11-4-2-3-5-13(11)17-16(18)12-6-7-14-15(10-12)20-9-8-19-14/h6-7,10-11,13H,2-5,8-9H2,1H3,(H,17,18)/t11-,13-/m1/s1. The molecule has 1 aromatic carbocycles. The Bertz CT molecular complexity index is 500. The molecule has 0 radical (unpaired) electrons. The maximum Gasteiger partial charge on any atom is 0.251 e. The zero-order valence-electron chi connectivity index (χ0n) is 11.9. The minimum atomic E-state index is -0.0132.